The Morgan fingerprint density at radius 1 is 0.621 bits per heavy atom. The van der Waals surface area contributed by atoms with Crippen LogP contribution in [0.2, 0.25) is 38.3 Å². The topological polar surface area (TPSA) is 175 Å². The average Bonchev–Trinajstić information content (AvgIpc) is 4.00. The van der Waals surface area contributed by atoms with E-state index in [2.05, 4.69) is 95.3 Å². The Bertz CT molecular complexity index is 1960. The largest absolute Gasteiger partial charge is 0.453 e. The van der Waals surface area contributed by atoms with E-state index in [1.54, 1.807) is 0 Å². The molecular weight excluding hydrogens is 769 g/mol. The lowest BCUT2D eigenvalue weighted by atomic mass is 10.0. The van der Waals surface area contributed by atoms with Crippen LogP contribution in [-0.4, -0.2) is 109 Å². The van der Waals surface area contributed by atoms with Crippen LogP contribution in [0.5, 0.6) is 0 Å². The predicted molar refractivity (Wildman–Crippen MR) is 229 cm³/mol. The maximum Gasteiger partial charge on any atom is 0.407 e. The first-order valence-corrected chi connectivity index (χ1v) is 26.8. The quantitative estimate of drug-likeness (QED) is 0.115. The standard InChI is InChI=1S/C42H58N8O6Si2/c1-25(2)35(47-41(53)55-5)39(51)49-23-57(7,8)21-33(49)37-43-19-31(45-37)29-15-11-27(12-16-29)28-13-17-30(18-14-28)32-20-44-38(46-32)34-22-58(9,10)24-50(34)40(52)36(26(3)4)48-42(54)56-6/h11-20,25-26,33-36H,21-24H2,1-10H3,(H,43,45)(H,44,46)(H,47,53)(H,48,54)/t33-,34-,35-,36-/m0/s1. The van der Waals surface area contributed by atoms with Gasteiger partial charge in [0, 0.05) is 12.3 Å². The monoisotopic (exact) mass is 826 g/mol. The van der Waals surface area contributed by atoms with Crippen molar-refractivity contribution in [1.29, 1.82) is 0 Å². The average molecular weight is 827 g/mol. The van der Waals surface area contributed by atoms with Crippen molar-refractivity contribution in [1.82, 2.24) is 40.4 Å². The van der Waals surface area contributed by atoms with Crippen molar-refractivity contribution < 1.29 is 28.7 Å². The van der Waals surface area contributed by atoms with Crippen LogP contribution in [0.3, 0.4) is 0 Å². The van der Waals surface area contributed by atoms with Gasteiger partial charge in [0.25, 0.3) is 0 Å². The van der Waals surface area contributed by atoms with E-state index in [0.29, 0.717) is 12.3 Å². The van der Waals surface area contributed by atoms with Crippen molar-refractivity contribution in [2.75, 3.05) is 26.6 Å². The van der Waals surface area contributed by atoms with E-state index >= 15 is 0 Å². The van der Waals surface area contributed by atoms with E-state index in [9.17, 15) is 19.2 Å². The third-order valence-electron chi connectivity index (χ3n) is 11.3. The lowest BCUT2D eigenvalue weighted by Gasteiger charge is -2.30. The maximum absolute atomic E-state index is 13.9. The molecule has 0 radical (unpaired) electrons. The zero-order valence-electron chi connectivity index (χ0n) is 35.3. The van der Waals surface area contributed by atoms with Crippen LogP contribution in [0, 0.1) is 11.8 Å². The van der Waals surface area contributed by atoms with Crippen LogP contribution >= 0.6 is 0 Å². The molecule has 2 fully saturated rings. The summed E-state index contributed by atoms with van der Waals surface area (Å²) in [5.74, 6) is 1.04. The molecule has 16 heteroatoms. The van der Waals surface area contributed by atoms with Crippen molar-refractivity contribution in [2.45, 2.75) is 90.1 Å². The second kappa shape index (κ2) is 16.9. The van der Waals surface area contributed by atoms with Crippen molar-refractivity contribution >= 4 is 40.1 Å². The van der Waals surface area contributed by atoms with Gasteiger partial charge in [0.15, 0.2) is 0 Å². The Labute approximate surface area is 342 Å². The molecule has 2 saturated heterocycles. The van der Waals surface area contributed by atoms with E-state index in [1.165, 1.54) is 14.2 Å². The Balaban J connectivity index is 1.15. The molecule has 2 aliphatic heterocycles. The number of alkyl carbamates (subject to hydrolysis) is 2. The molecule has 2 aromatic carbocycles. The van der Waals surface area contributed by atoms with Gasteiger partial charge >= 0.3 is 12.2 Å². The second-order valence-corrected chi connectivity index (χ2v) is 28.0. The molecule has 0 aliphatic carbocycles. The van der Waals surface area contributed by atoms with Gasteiger partial charge in [-0.2, -0.15) is 0 Å². The lowest BCUT2D eigenvalue weighted by Crippen LogP contribution is -2.52. The summed E-state index contributed by atoms with van der Waals surface area (Å²) in [4.78, 5) is 72.2. The molecule has 4 aromatic rings. The smallest absolute Gasteiger partial charge is 0.407 e. The van der Waals surface area contributed by atoms with E-state index in [0.717, 1.165) is 57.4 Å². The summed E-state index contributed by atoms with van der Waals surface area (Å²) in [6.07, 6.45) is 3.78. The molecule has 14 nitrogen and oxygen atoms in total. The zero-order chi connectivity index (χ0) is 42.1. The number of hydrogen-bond acceptors (Lipinski definition) is 8. The summed E-state index contributed by atoms with van der Waals surface area (Å²) in [7, 11) is -0.890. The highest BCUT2D eigenvalue weighted by Gasteiger charge is 2.47. The Kier molecular flexibility index (Phi) is 12.4. The van der Waals surface area contributed by atoms with Crippen molar-refractivity contribution in [3.63, 3.8) is 0 Å². The minimum atomic E-state index is -1.74. The van der Waals surface area contributed by atoms with Crippen LogP contribution in [0.15, 0.2) is 60.9 Å². The van der Waals surface area contributed by atoms with Gasteiger partial charge in [-0.05, 0) is 46.2 Å². The summed E-state index contributed by atoms with van der Waals surface area (Å²) in [5.41, 5.74) is 5.82. The van der Waals surface area contributed by atoms with Crippen LogP contribution in [0.25, 0.3) is 33.6 Å². The van der Waals surface area contributed by atoms with Gasteiger partial charge < -0.3 is 39.9 Å². The molecule has 0 saturated carbocycles. The number of rotatable bonds is 11. The van der Waals surface area contributed by atoms with Crippen LogP contribution in [0.4, 0.5) is 9.59 Å². The molecule has 0 bridgehead atoms. The van der Waals surface area contributed by atoms with Crippen LogP contribution < -0.4 is 10.6 Å². The molecule has 310 valence electrons. The highest BCUT2D eigenvalue weighted by Crippen LogP contribution is 2.40. The van der Waals surface area contributed by atoms with Crippen LogP contribution in [0.1, 0.15) is 51.4 Å². The van der Waals surface area contributed by atoms with E-state index in [1.807, 2.05) is 49.9 Å². The first kappa shape index (κ1) is 42.4. The van der Waals surface area contributed by atoms with Crippen LogP contribution in [-0.2, 0) is 19.1 Å². The summed E-state index contributed by atoms with van der Waals surface area (Å²) < 4.78 is 9.61. The highest BCUT2D eigenvalue weighted by atomic mass is 28.3. The molecule has 4 N–H and O–H groups in total. The summed E-state index contributed by atoms with van der Waals surface area (Å²) in [6.45, 7) is 16.8. The summed E-state index contributed by atoms with van der Waals surface area (Å²) in [5, 5.41) is 5.48. The van der Waals surface area contributed by atoms with Crippen molar-refractivity contribution in [3.05, 3.63) is 72.6 Å². The Morgan fingerprint density at radius 2 is 0.948 bits per heavy atom. The van der Waals surface area contributed by atoms with E-state index in [-0.39, 0.29) is 35.7 Å². The molecule has 2 aromatic heterocycles. The highest BCUT2D eigenvalue weighted by molar-refractivity contribution is 6.79. The Hall–Kier alpha value is -5.23. The van der Waals surface area contributed by atoms with Crippen molar-refractivity contribution in [2.24, 2.45) is 11.8 Å². The third kappa shape index (κ3) is 9.22. The molecular formula is C42H58N8O6Si2. The molecule has 0 spiro atoms. The van der Waals surface area contributed by atoms with Gasteiger partial charge in [0.2, 0.25) is 11.8 Å². The van der Waals surface area contributed by atoms with Gasteiger partial charge in [-0.25, -0.2) is 19.6 Å². The number of carbonyl (C=O) groups is 4. The maximum atomic E-state index is 13.9. The number of carbonyl (C=O) groups excluding carboxylic acids is 4. The number of imidazole rings is 2. The minimum Gasteiger partial charge on any atom is -0.453 e. The molecule has 2 aliphatic rings. The van der Waals surface area contributed by atoms with Gasteiger partial charge in [-0.1, -0.05) is 102 Å². The number of nitrogens with zero attached hydrogens (tertiary/aromatic N) is 4. The molecule has 4 atom stereocenters. The predicted octanol–water partition coefficient (Wildman–Crippen LogP) is 7.16. The lowest BCUT2D eigenvalue weighted by molar-refractivity contribution is -0.135. The molecule has 4 heterocycles. The first-order valence-electron chi connectivity index (χ1n) is 20.0. The number of hydrogen-bond donors (Lipinski definition) is 4. The number of benzene rings is 2. The van der Waals surface area contributed by atoms with E-state index < -0.39 is 40.4 Å². The SMILES string of the molecule is COC(=O)N[C@H](C(=O)N1C[Si](C)(C)C[C@H]1c1ncc(-c2ccc(-c3ccc(-c4cnc([C@@H]5C[Si](C)(C)CN5C(=O)[C@@H](NC(=O)OC)C(C)C)[nH]4)cc3)cc2)[nH]1)C(C)C. The Morgan fingerprint density at radius 3 is 1.26 bits per heavy atom. The first-order chi connectivity index (χ1) is 27.4. The summed E-state index contributed by atoms with van der Waals surface area (Å²) in [6, 6.07) is 16.6. The summed E-state index contributed by atoms with van der Waals surface area (Å²) >= 11 is 0. The number of aromatic amines is 2. The number of aromatic nitrogens is 4. The third-order valence-corrected chi connectivity index (χ3v) is 16.7. The zero-order valence-corrected chi connectivity index (χ0v) is 37.3. The fourth-order valence-electron chi connectivity index (χ4n) is 8.24. The fourth-order valence-corrected chi connectivity index (χ4v) is 14.0. The van der Waals surface area contributed by atoms with E-state index in [4.69, 9.17) is 19.4 Å². The molecule has 4 amide bonds. The molecule has 6 rings (SSSR count). The van der Waals surface area contributed by atoms with Gasteiger partial charge in [0.05, 0.1) is 66.2 Å². The molecule has 58 heavy (non-hydrogen) atoms. The number of amides is 4. The fraction of sp³-hybridized carbons (Fsp3) is 0.476. The number of nitrogens with one attached hydrogen (secondary N) is 4. The second-order valence-electron chi connectivity index (χ2n) is 17.9. The number of H-pyrrole nitrogens is 2. The normalized spacial score (nSPS) is 19.6. The number of ether oxygens (including phenoxy) is 2. The minimum absolute atomic E-state index is 0.110. The van der Waals surface area contributed by atoms with Gasteiger partial charge in [-0.15, -0.1) is 0 Å². The van der Waals surface area contributed by atoms with Gasteiger partial charge in [0.1, 0.15) is 23.7 Å². The number of methoxy groups -OCH3 is 2. The molecule has 0 unspecified atom stereocenters. The van der Waals surface area contributed by atoms with Gasteiger partial charge in [-0.3, -0.25) is 9.59 Å². The van der Waals surface area contributed by atoms with Crippen molar-refractivity contribution in [3.8, 4) is 33.6 Å².